The van der Waals surface area contributed by atoms with Crippen LogP contribution >= 0.6 is 0 Å². The molecule has 0 aromatic heterocycles. The van der Waals surface area contributed by atoms with Gasteiger partial charge in [0.05, 0.1) is 6.54 Å². The molecule has 0 aliphatic carbocycles. The maximum atomic E-state index is 10.8. The molecule has 0 bridgehead atoms. The monoisotopic (exact) mass is 214 g/mol. The first kappa shape index (κ1) is 14.4. The topological polar surface area (TPSA) is 41.1 Å². The van der Waals surface area contributed by atoms with Crippen molar-refractivity contribution < 1.29 is 4.79 Å². The van der Waals surface area contributed by atoms with Crippen LogP contribution in [-0.4, -0.2) is 26.0 Å². The quantitative estimate of drug-likeness (QED) is 0.547. The van der Waals surface area contributed by atoms with E-state index in [1.807, 2.05) is 0 Å². The Balaban J connectivity index is 2.95. The highest BCUT2D eigenvalue weighted by molar-refractivity contribution is 5.77. The zero-order chi connectivity index (χ0) is 11.4. The molecule has 3 heteroatoms. The highest BCUT2D eigenvalue weighted by Gasteiger charge is 1.95. The Bertz CT molecular complexity index is 149. The average Bonchev–Trinajstić information content (AvgIpc) is 2.26. The van der Waals surface area contributed by atoms with Crippen LogP contribution in [0.3, 0.4) is 0 Å². The van der Waals surface area contributed by atoms with Crippen molar-refractivity contribution in [3.05, 3.63) is 0 Å². The molecule has 0 aromatic rings. The van der Waals surface area contributed by atoms with Gasteiger partial charge in [-0.1, -0.05) is 45.4 Å². The van der Waals surface area contributed by atoms with E-state index in [2.05, 4.69) is 17.6 Å². The lowest BCUT2D eigenvalue weighted by molar-refractivity contribution is -0.119. The molecule has 0 unspecified atom stereocenters. The fourth-order valence-electron chi connectivity index (χ4n) is 1.50. The van der Waals surface area contributed by atoms with Gasteiger partial charge in [0, 0.05) is 7.05 Å². The van der Waals surface area contributed by atoms with Gasteiger partial charge in [-0.3, -0.25) is 4.79 Å². The van der Waals surface area contributed by atoms with Crippen LogP contribution in [0.5, 0.6) is 0 Å². The Kier molecular flexibility index (Phi) is 11.1. The minimum atomic E-state index is 0.0675. The second-order valence-electron chi connectivity index (χ2n) is 3.97. The molecular formula is C12H26N2O. The van der Waals surface area contributed by atoms with E-state index >= 15 is 0 Å². The maximum absolute atomic E-state index is 10.8. The highest BCUT2D eigenvalue weighted by Crippen LogP contribution is 2.05. The van der Waals surface area contributed by atoms with Crippen LogP contribution in [0.4, 0.5) is 0 Å². The summed E-state index contributed by atoms with van der Waals surface area (Å²) in [7, 11) is 1.66. The van der Waals surface area contributed by atoms with E-state index in [-0.39, 0.29) is 5.91 Å². The first-order valence-corrected chi connectivity index (χ1v) is 6.22. The Morgan fingerprint density at radius 2 is 1.60 bits per heavy atom. The van der Waals surface area contributed by atoms with Gasteiger partial charge in [0.15, 0.2) is 0 Å². The summed E-state index contributed by atoms with van der Waals surface area (Å²) in [5, 5.41) is 5.71. The number of carbonyl (C=O) groups excluding carboxylic acids is 1. The van der Waals surface area contributed by atoms with E-state index in [1.54, 1.807) is 7.05 Å². The molecule has 15 heavy (non-hydrogen) atoms. The molecule has 3 nitrogen and oxygen atoms in total. The summed E-state index contributed by atoms with van der Waals surface area (Å²) in [5.41, 5.74) is 0. The Labute approximate surface area is 94.0 Å². The molecule has 0 fully saturated rings. The molecule has 0 aliphatic heterocycles. The second-order valence-corrected chi connectivity index (χ2v) is 3.97. The number of likely N-dealkylation sites (N-methyl/N-ethyl adjacent to an activating group) is 1. The van der Waals surface area contributed by atoms with E-state index in [4.69, 9.17) is 0 Å². The van der Waals surface area contributed by atoms with Crippen molar-refractivity contribution in [1.29, 1.82) is 0 Å². The molecule has 0 aromatic carbocycles. The van der Waals surface area contributed by atoms with Crippen LogP contribution in [0.15, 0.2) is 0 Å². The SMILES string of the molecule is CCCCCCCCCNCC(=O)NC. The third-order valence-electron chi connectivity index (χ3n) is 2.52. The number of amides is 1. The van der Waals surface area contributed by atoms with Gasteiger partial charge < -0.3 is 10.6 Å². The van der Waals surface area contributed by atoms with Crippen molar-refractivity contribution >= 4 is 5.91 Å². The van der Waals surface area contributed by atoms with Crippen molar-refractivity contribution in [3.8, 4) is 0 Å². The molecule has 1 amide bonds. The third kappa shape index (κ3) is 11.4. The first-order chi connectivity index (χ1) is 7.31. The Morgan fingerprint density at radius 3 is 2.20 bits per heavy atom. The van der Waals surface area contributed by atoms with Crippen molar-refractivity contribution in [3.63, 3.8) is 0 Å². The zero-order valence-corrected chi connectivity index (χ0v) is 10.3. The van der Waals surface area contributed by atoms with Gasteiger partial charge in [0.1, 0.15) is 0 Å². The Morgan fingerprint density at radius 1 is 1.00 bits per heavy atom. The van der Waals surface area contributed by atoms with Crippen LogP contribution in [0.25, 0.3) is 0 Å². The summed E-state index contributed by atoms with van der Waals surface area (Å²) < 4.78 is 0. The number of hydrogen-bond donors (Lipinski definition) is 2. The number of unbranched alkanes of at least 4 members (excludes halogenated alkanes) is 6. The Hall–Kier alpha value is -0.570. The average molecular weight is 214 g/mol. The summed E-state index contributed by atoms with van der Waals surface area (Å²) in [6.45, 7) is 3.65. The summed E-state index contributed by atoms with van der Waals surface area (Å²) in [6.07, 6.45) is 9.23. The predicted octanol–water partition coefficient (Wildman–Crippen LogP) is 2.07. The third-order valence-corrected chi connectivity index (χ3v) is 2.52. The van der Waals surface area contributed by atoms with Gasteiger partial charge in [-0.15, -0.1) is 0 Å². The first-order valence-electron chi connectivity index (χ1n) is 6.22. The summed E-state index contributed by atoms with van der Waals surface area (Å²) in [4.78, 5) is 10.8. The van der Waals surface area contributed by atoms with Crippen molar-refractivity contribution in [1.82, 2.24) is 10.6 Å². The fourth-order valence-corrected chi connectivity index (χ4v) is 1.50. The number of rotatable bonds is 10. The van der Waals surface area contributed by atoms with E-state index in [0.717, 1.165) is 6.54 Å². The van der Waals surface area contributed by atoms with E-state index < -0.39 is 0 Å². The maximum Gasteiger partial charge on any atom is 0.233 e. The van der Waals surface area contributed by atoms with Crippen molar-refractivity contribution in [2.75, 3.05) is 20.1 Å². The molecule has 0 aliphatic rings. The molecule has 0 radical (unpaired) electrons. The molecule has 0 atom stereocenters. The van der Waals surface area contributed by atoms with E-state index in [0.29, 0.717) is 6.54 Å². The molecule has 0 saturated heterocycles. The van der Waals surface area contributed by atoms with Gasteiger partial charge in [-0.05, 0) is 13.0 Å². The summed E-state index contributed by atoms with van der Waals surface area (Å²) in [6, 6.07) is 0. The van der Waals surface area contributed by atoms with Crippen molar-refractivity contribution in [2.24, 2.45) is 0 Å². The predicted molar refractivity (Wildman–Crippen MR) is 64.9 cm³/mol. The van der Waals surface area contributed by atoms with Crippen LogP contribution in [0.2, 0.25) is 0 Å². The molecule has 90 valence electrons. The van der Waals surface area contributed by atoms with Gasteiger partial charge in [0.2, 0.25) is 5.91 Å². The van der Waals surface area contributed by atoms with Crippen LogP contribution in [-0.2, 0) is 4.79 Å². The molecule has 2 N–H and O–H groups in total. The second kappa shape index (κ2) is 11.5. The smallest absolute Gasteiger partial charge is 0.233 e. The van der Waals surface area contributed by atoms with Crippen LogP contribution in [0.1, 0.15) is 51.9 Å². The van der Waals surface area contributed by atoms with Crippen molar-refractivity contribution in [2.45, 2.75) is 51.9 Å². The van der Waals surface area contributed by atoms with Gasteiger partial charge >= 0.3 is 0 Å². The zero-order valence-electron chi connectivity index (χ0n) is 10.3. The summed E-state index contributed by atoms with van der Waals surface area (Å²) >= 11 is 0. The van der Waals surface area contributed by atoms with Crippen LogP contribution in [0, 0.1) is 0 Å². The lowest BCUT2D eigenvalue weighted by atomic mass is 10.1. The molecule has 0 spiro atoms. The molecule has 0 saturated carbocycles. The molecule has 0 rings (SSSR count). The molecule has 0 heterocycles. The lowest BCUT2D eigenvalue weighted by Gasteiger charge is -2.03. The van der Waals surface area contributed by atoms with E-state index in [9.17, 15) is 4.79 Å². The van der Waals surface area contributed by atoms with Gasteiger partial charge in [0.25, 0.3) is 0 Å². The number of nitrogens with one attached hydrogen (secondary N) is 2. The lowest BCUT2D eigenvalue weighted by Crippen LogP contribution is -2.31. The van der Waals surface area contributed by atoms with Crippen LogP contribution < -0.4 is 10.6 Å². The largest absolute Gasteiger partial charge is 0.358 e. The molecular weight excluding hydrogens is 188 g/mol. The van der Waals surface area contributed by atoms with Gasteiger partial charge in [-0.25, -0.2) is 0 Å². The van der Waals surface area contributed by atoms with Gasteiger partial charge in [-0.2, -0.15) is 0 Å². The minimum Gasteiger partial charge on any atom is -0.358 e. The highest BCUT2D eigenvalue weighted by atomic mass is 16.1. The number of hydrogen-bond acceptors (Lipinski definition) is 2. The normalized spacial score (nSPS) is 10.3. The van der Waals surface area contributed by atoms with E-state index in [1.165, 1.54) is 44.9 Å². The number of carbonyl (C=O) groups is 1. The standard InChI is InChI=1S/C12H26N2O/c1-3-4-5-6-7-8-9-10-14-11-12(15)13-2/h14H,3-11H2,1-2H3,(H,13,15). The summed E-state index contributed by atoms with van der Waals surface area (Å²) in [5.74, 6) is 0.0675. The minimum absolute atomic E-state index is 0.0675. The fraction of sp³-hybridized carbons (Fsp3) is 0.917.